The molecule has 8 heteroatoms. The van der Waals surface area contributed by atoms with Gasteiger partial charge in [0.2, 0.25) is 5.43 Å². The molecule has 22 heavy (non-hydrogen) atoms. The van der Waals surface area contributed by atoms with Crippen molar-refractivity contribution in [2.75, 3.05) is 0 Å². The largest absolute Gasteiger partial charge is 0.478 e. The average Bonchev–Trinajstić information content (AvgIpc) is 2.45. The highest BCUT2D eigenvalue weighted by atomic mass is 32.2. The second kappa shape index (κ2) is 4.65. The van der Waals surface area contributed by atoms with E-state index in [4.69, 9.17) is 14.1 Å². The van der Waals surface area contributed by atoms with E-state index in [-0.39, 0.29) is 27.5 Å². The van der Waals surface area contributed by atoms with Crippen LogP contribution in [0.4, 0.5) is 0 Å². The molecule has 0 unspecified atom stereocenters. The van der Waals surface area contributed by atoms with Crippen LogP contribution in [0.1, 0.15) is 10.4 Å². The van der Waals surface area contributed by atoms with E-state index < -0.39 is 26.4 Å². The lowest BCUT2D eigenvalue weighted by Gasteiger charge is -2.04. The van der Waals surface area contributed by atoms with Gasteiger partial charge in [-0.1, -0.05) is 0 Å². The molecule has 2 N–H and O–H groups in total. The molecule has 1 aromatic heterocycles. The number of carbonyl (C=O) groups is 1. The minimum Gasteiger partial charge on any atom is -0.478 e. The van der Waals surface area contributed by atoms with Gasteiger partial charge in [-0.05, 0) is 30.3 Å². The Kier molecular flexibility index (Phi) is 3.01. The van der Waals surface area contributed by atoms with E-state index in [0.29, 0.717) is 0 Å². The molecule has 0 bridgehead atoms. The highest BCUT2D eigenvalue weighted by Crippen LogP contribution is 2.22. The molecule has 0 atom stereocenters. The fourth-order valence-corrected chi connectivity index (χ4v) is 2.62. The third-order valence-electron chi connectivity index (χ3n) is 3.19. The van der Waals surface area contributed by atoms with Gasteiger partial charge in [0, 0.05) is 6.07 Å². The van der Waals surface area contributed by atoms with Gasteiger partial charge in [-0.3, -0.25) is 9.35 Å². The van der Waals surface area contributed by atoms with Crippen molar-refractivity contribution in [1.82, 2.24) is 0 Å². The maximum Gasteiger partial charge on any atom is 0.335 e. The summed E-state index contributed by atoms with van der Waals surface area (Å²) < 4.78 is 36.7. The van der Waals surface area contributed by atoms with Crippen LogP contribution >= 0.6 is 0 Å². The van der Waals surface area contributed by atoms with Gasteiger partial charge in [-0.15, -0.1) is 0 Å². The van der Waals surface area contributed by atoms with Crippen molar-refractivity contribution < 1.29 is 27.3 Å². The van der Waals surface area contributed by atoms with Crippen molar-refractivity contribution >= 4 is 38.0 Å². The van der Waals surface area contributed by atoms with Crippen molar-refractivity contribution in [3.05, 3.63) is 52.2 Å². The van der Waals surface area contributed by atoms with Gasteiger partial charge in [0.05, 0.1) is 21.2 Å². The molecule has 0 aliphatic carbocycles. The number of rotatable bonds is 2. The smallest absolute Gasteiger partial charge is 0.335 e. The Morgan fingerprint density at radius 2 is 1.73 bits per heavy atom. The van der Waals surface area contributed by atoms with Gasteiger partial charge in [0.25, 0.3) is 10.1 Å². The number of hydrogen-bond acceptors (Lipinski definition) is 5. The van der Waals surface area contributed by atoms with Crippen LogP contribution in [0.2, 0.25) is 0 Å². The van der Waals surface area contributed by atoms with Crippen LogP contribution in [-0.4, -0.2) is 24.0 Å². The fraction of sp³-hybridized carbons (Fsp3) is 0. The lowest BCUT2D eigenvalue weighted by Crippen LogP contribution is -2.05. The molecule has 0 aliphatic heterocycles. The summed E-state index contributed by atoms with van der Waals surface area (Å²) >= 11 is 0. The molecule has 2 aromatic carbocycles. The molecule has 3 aromatic rings. The van der Waals surface area contributed by atoms with Crippen molar-refractivity contribution in [2.24, 2.45) is 0 Å². The van der Waals surface area contributed by atoms with Crippen molar-refractivity contribution in [3.63, 3.8) is 0 Å². The first-order valence-corrected chi connectivity index (χ1v) is 7.43. The van der Waals surface area contributed by atoms with Gasteiger partial charge < -0.3 is 9.52 Å². The second-order valence-electron chi connectivity index (χ2n) is 4.58. The Morgan fingerprint density at radius 1 is 1.00 bits per heavy atom. The molecule has 0 saturated heterocycles. The van der Waals surface area contributed by atoms with Crippen molar-refractivity contribution in [3.8, 4) is 0 Å². The minimum atomic E-state index is -4.42. The van der Waals surface area contributed by atoms with Crippen LogP contribution in [0.5, 0.6) is 0 Å². The number of carboxylic acid groups (broad SMARTS) is 1. The van der Waals surface area contributed by atoms with Crippen LogP contribution in [-0.2, 0) is 10.1 Å². The van der Waals surface area contributed by atoms with Crippen LogP contribution in [0.25, 0.3) is 21.9 Å². The van der Waals surface area contributed by atoms with E-state index in [0.717, 1.165) is 12.1 Å². The molecule has 0 spiro atoms. The number of carboxylic acids is 1. The molecule has 0 aliphatic rings. The van der Waals surface area contributed by atoms with E-state index in [1.54, 1.807) is 0 Å². The molecule has 112 valence electrons. The Bertz CT molecular complexity index is 1090. The third kappa shape index (κ3) is 2.24. The molecule has 0 saturated carbocycles. The Morgan fingerprint density at radius 3 is 2.36 bits per heavy atom. The predicted molar refractivity (Wildman–Crippen MR) is 76.8 cm³/mol. The highest BCUT2D eigenvalue weighted by Gasteiger charge is 2.15. The van der Waals surface area contributed by atoms with E-state index in [2.05, 4.69) is 0 Å². The van der Waals surface area contributed by atoms with Gasteiger partial charge in [0.1, 0.15) is 11.2 Å². The highest BCUT2D eigenvalue weighted by molar-refractivity contribution is 7.85. The topological polar surface area (TPSA) is 122 Å². The summed E-state index contributed by atoms with van der Waals surface area (Å²) in [5.74, 6) is -1.18. The molecule has 1 heterocycles. The quantitative estimate of drug-likeness (QED) is 0.546. The summed E-state index contributed by atoms with van der Waals surface area (Å²) in [5.41, 5.74) is -0.444. The van der Waals surface area contributed by atoms with Crippen LogP contribution in [0.15, 0.2) is 50.5 Å². The monoisotopic (exact) mass is 320 g/mol. The fourth-order valence-electron chi connectivity index (χ4n) is 2.13. The lowest BCUT2D eigenvalue weighted by atomic mass is 10.1. The number of hydrogen-bond donors (Lipinski definition) is 2. The van der Waals surface area contributed by atoms with E-state index >= 15 is 0 Å². The van der Waals surface area contributed by atoms with E-state index in [9.17, 15) is 18.0 Å². The number of benzene rings is 2. The molecule has 0 radical (unpaired) electrons. The van der Waals surface area contributed by atoms with Crippen molar-refractivity contribution in [1.29, 1.82) is 0 Å². The molecule has 0 amide bonds. The van der Waals surface area contributed by atoms with Gasteiger partial charge in [0.15, 0.2) is 0 Å². The summed E-state index contributed by atoms with van der Waals surface area (Å²) in [5, 5.41) is 9.11. The first-order chi connectivity index (χ1) is 10.3. The second-order valence-corrected chi connectivity index (χ2v) is 6.00. The molecular formula is C14H8O7S. The zero-order valence-corrected chi connectivity index (χ0v) is 11.6. The SMILES string of the molecule is O=C(O)c1ccc2oc3cc(S(=O)(=O)O)ccc3c(=O)c2c1. The maximum atomic E-state index is 12.4. The van der Waals surface area contributed by atoms with Gasteiger partial charge in [-0.2, -0.15) is 8.42 Å². The number of aromatic carboxylic acids is 1. The summed E-state index contributed by atoms with van der Waals surface area (Å²) in [7, 11) is -4.42. The summed E-state index contributed by atoms with van der Waals surface area (Å²) in [6, 6.07) is 7.10. The molecule has 7 nitrogen and oxygen atoms in total. The summed E-state index contributed by atoms with van der Waals surface area (Å²) in [4.78, 5) is 22.9. The number of fused-ring (bicyclic) bond motifs is 2. The minimum absolute atomic E-state index is 0.0179. The molecular weight excluding hydrogens is 312 g/mol. The standard InChI is InChI=1S/C14H8O7S/c15-13-9-3-2-8(22(18,19)20)6-12(9)21-11-4-1-7(14(16)17)5-10(11)13/h1-6H,(H,16,17)(H,18,19,20). The Balaban J connectivity index is 2.41. The first-order valence-electron chi connectivity index (χ1n) is 5.99. The van der Waals surface area contributed by atoms with E-state index in [1.165, 1.54) is 24.3 Å². The third-order valence-corrected chi connectivity index (χ3v) is 4.04. The van der Waals surface area contributed by atoms with Gasteiger partial charge in [-0.25, -0.2) is 4.79 Å². The normalized spacial score (nSPS) is 11.9. The van der Waals surface area contributed by atoms with Crippen LogP contribution in [0.3, 0.4) is 0 Å². The molecule has 3 rings (SSSR count). The van der Waals surface area contributed by atoms with E-state index in [1.807, 2.05) is 0 Å². The summed E-state index contributed by atoms with van der Waals surface area (Å²) in [6.45, 7) is 0. The Labute approximate surface area is 123 Å². The summed E-state index contributed by atoms with van der Waals surface area (Å²) in [6.07, 6.45) is 0. The first kappa shape index (κ1) is 14.2. The zero-order valence-electron chi connectivity index (χ0n) is 10.8. The van der Waals surface area contributed by atoms with Gasteiger partial charge >= 0.3 is 5.97 Å². The maximum absolute atomic E-state index is 12.4. The Hall–Kier alpha value is -2.71. The van der Waals surface area contributed by atoms with Crippen molar-refractivity contribution in [2.45, 2.75) is 4.90 Å². The lowest BCUT2D eigenvalue weighted by molar-refractivity contribution is 0.0697. The molecule has 0 fully saturated rings. The zero-order chi connectivity index (χ0) is 16.1. The van der Waals surface area contributed by atoms with Crippen LogP contribution < -0.4 is 5.43 Å². The van der Waals surface area contributed by atoms with Crippen LogP contribution in [0, 0.1) is 0 Å². The predicted octanol–water partition coefficient (Wildman–Crippen LogP) is 1.89. The average molecular weight is 320 g/mol.